The van der Waals surface area contributed by atoms with Crippen molar-refractivity contribution in [2.24, 2.45) is 0 Å². The summed E-state index contributed by atoms with van der Waals surface area (Å²) in [5.41, 5.74) is 1.01. The van der Waals surface area contributed by atoms with Crippen molar-refractivity contribution in [3.05, 3.63) is 47.9 Å². The molecule has 0 aliphatic carbocycles. The summed E-state index contributed by atoms with van der Waals surface area (Å²) < 4.78 is 45.0. The summed E-state index contributed by atoms with van der Waals surface area (Å²) in [7, 11) is -2.20. The van der Waals surface area contributed by atoms with E-state index in [-0.39, 0.29) is 16.3 Å². The van der Waals surface area contributed by atoms with Crippen molar-refractivity contribution >= 4 is 21.5 Å². The predicted molar refractivity (Wildman–Crippen MR) is 86.5 cm³/mol. The minimum absolute atomic E-state index is 0.0134. The molecule has 1 aromatic carbocycles. The highest BCUT2D eigenvalue weighted by Crippen LogP contribution is 2.18. The number of hydrogen-bond donors (Lipinski definition) is 2. The van der Waals surface area contributed by atoms with Crippen LogP contribution in [-0.4, -0.2) is 33.7 Å². The first-order valence-electron chi connectivity index (χ1n) is 6.90. The van der Waals surface area contributed by atoms with Crippen LogP contribution >= 0.6 is 0 Å². The number of nitrogens with one attached hydrogen (secondary N) is 2. The summed E-state index contributed by atoms with van der Waals surface area (Å²) in [6.45, 7) is 2.68. The van der Waals surface area contributed by atoms with Crippen LogP contribution < -0.4 is 10.0 Å². The van der Waals surface area contributed by atoms with E-state index in [0.717, 1.165) is 11.8 Å². The predicted octanol–water partition coefficient (Wildman–Crippen LogP) is 2.39. The Labute approximate surface area is 134 Å². The van der Waals surface area contributed by atoms with E-state index in [4.69, 9.17) is 4.74 Å². The van der Waals surface area contributed by atoms with Crippen molar-refractivity contribution in [3.63, 3.8) is 0 Å². The normalized spacial score (nSPS) is 11.3. The zero-order valence-electron chi connectivity index (χ0n) is 12.8. The molecule has 0 saturated carbocycles. The van der Waals surface area contributed by atoms with E-state index in [9.17, 15) is 12.8 Å². The third-order valence-corrected chi connectivity index (χ3v) is 4.43. The Morgan fingerprint density at radius 2 is 2.04 bits per heavy atom. The van der Waals surface area contributed by atoms with Gasteiger partial charge < -0.3 is 10.1 Å². The molecule has 0 saturated heterocycles. The van der Waals surface area contributed by atoms with Crippen molar-refractivity contribution in [1.29, 1.82) is 0 Å². The van der Waals surface area contributed by atoms with Gasteiger partial charge in [0.15, 0.2) is 0 Å². The molecule has 2 rings (SSSR count). The van der Waals surface area contributed by atoms with E-state index in [1.165, 1.54) is 25.3 Å². The maximum Gasteiger partial charge on any atom is 0.263 e. The monoisotopic (exact) mass is 339 g/mol. The molecule has 0 aliphatic heterocycles. The zero-order chi connectivity index (χ0) is 16.9. The summed E-state index contributed by atoms with van der Waals surface area (Å²) in [6.07, 6.45) is 1.52. The number of ether oxygens (including phenoxy) is 1. The Balaban J connectivity index is 2.09. The first-order chi connectivity index (χ1) is 10.9. The maximum absolute atomic E-state index is 13.2. The van der Waals surface area contributed by atoms with Crippen LogP contribution in [0, 0.1) is 12.7 Å². The lowest BCUT2D eigenvalue weighted by molar-refractivity contribution is 0.211. The molecule has 0 amide bonds. The molecule has 2 aromatic rings. The SMILES string of the molecule is COCCNc1ccc(NS(=O)(=O)c2ccc(F)c(C)c2)nc1. The largest absolute Gasteiger partial charge is 0.383 e. The summed E-state index contributed by atoms with van der Waals surface area (Å²) in [6, 6.07) is 6.86. The molecule has 1 heterocycles. The first kappa shape index (κ1) is 17.2. The minimum Gasteiger partial charge on any atom is -0.383 e. The lowest BCUT2D eigenvalue weighted by Crippen LogP contribution is -2.14. The van der Waals surface area contributed by atoms with Gasteiger partial charge >= 0.3 is 0 Å². The van der Waals surface area contributed by atoms with Crippen LogP contribution in [0.2, 0.25) is 0 Å². The summed E-state index contributed by atoms with van der Waals surface area (Å²) in [5.74, 6) is -0.266. The van der Waals surface area contributed by atoms with Gasteiger partial charge in [0.25, 0.3) is 10.0 Å². The number of aromatic nitrogens is 1. The van der Waals surface area contributed by atoms with Gasteiger partial charge in [0.1, 0.15) is 11.6 Å². The quantitative estimate of drug-likeness (QED) is 0.757. The molecule has 1 aromatic heterocycles. The number of halogens is 1. The van der Waals surface area contributed by atoms with E-state index in [0.29, 0.717) is 13.2 Å². The second-order valence-corrected chi connectivity index (χ2v) is 6.55. The first-order valence-corrected chi connectivity index (χ1v) is 8.38. The van der Waals surface area contributed by atoms with Crippen LogP contribution in [0.1, 0.15) is 5.56 Å². The Kier molecular flexibility index (Phi) is 5.51. The van der Waals surface area contributed by atoms with E-state index in [1.54, 1.807) is 19.2 Å². The molecule has 8 heteroatoms. The van der Waals surface area contributed by atoms with Crippen LogP contribution in [-0.2, 0) is 14.8 Å². The molecule has 124 valence electrons. The lowest BCUT2D eigenvalue weighted by Gasteiger charge is -2.09. The molecule has 0 bridgehead atoms. The molecule has 6 nitrogen and oxygen atoms in total. The molecule has 0 radical (unpaired) electrons. The second kappa shape index (κ2) is 7.38. The van der Waals surface area contributed by atoms with Gasteiger partial charge in [0, 0.05) is 13.7 Å². The Bertz CT molecular complexity index is 764. The fraction of sp³-hybridized carbons (Fsp3) is 0.267. The Hall–Kier alpha value is -2.19. The van der Waals surface area contributed by atoms with Gasteiger partial charge in [-0.3, -0.25) is 4.72 Å². The van der Waals surface area contributed by atoms with Gasteiger partial charge in [-0.2, -0.15) is 0 Å². The van der Waals surface area contributed by atoms with Crippen molar-refractivity contribution in [2.75, 3.05) is 30.3 Å². The van der Waals surface area contributed by atoms with Gasteiger partial charge in [-0.05, 0) is 42.8 Å². The minimum atomic E-state index is -3.81. The van der Waals surface area contributed by atoms with Crippen molar-refractivity contribution in [3.8, 4) is 0 Å². The lowest BCUT2D eigenvalue weighted by atomic mass is 10.2. The van der Waals surface area contributed by atoms with E-state index >= 15 is 0 Å². The fourth-order valence-corrected chi connectivity index (χ4v) is 2.93. The number of sulfonamides is 1. The van der Waals surface area contributed by atoms with Gasteiger partial charge in [0.2, 0.25) is 0 Å². The van der Waals surface area contributed by atoms with E-state index in [2.05, 4.69) is 15.0 Å². The number of hydrogen-bond acceptors (Lipinski definition) is 5. The second-order valence-electron chi connectivity index (χ2n) is 4.87. The average Bonchev–Trinajstić information content (AvgIpc) is 2.51. The highest BCUT2D eigenvalue weighted by atomic mass is 32.2. The van der Waals surface area contributed by atoms with Crippen molar-refractivity contribution in [2.45, 2.75) is 11.8 Å². The number of rotatable bonds is 7. The van der Waals surface area contributed by atoms with Crippen molar-refractivity contribution < 1.29 is 17.5 Å². The zero-order valence-corrected chi connectivity index (χ0v) is 13.7. The van der Waals surface area contributed by atoms with Crippen LogP contribution in [0.15, 0.2) is 41.4 Å². The number of methoxy groups -OCH3 is 1. The molecule has 0 spiro atoms. The Morgan fingerprint density at radius 3 is 2.65 bits per heavy atom. The van der Waals surface area contributed by atoms with Gasteiger partial charge in [-0.15, -0.1) is 0 Å². The number of pyridine rings is 1. The molecule has 0 fully saturated rings. The van der Waals surface area contributed by atoms with Crippen LogP contribution in [0.25, 0.3) is 0 Å². The van der Waals surface area contributed by atoms with E-state index in [1.807, 2.05) is 0 Å². The summed E-state index contributed by atoms with van der Waals surface area (Å²) in [4.78, 5) is 4.03. The van der Waals surface area contributed by atoms with Gasteiger partial charge in [-0.1, -0.05) is 0 Å². The molecule has 0 atom stereocenters. The Morgan fingerprint density at radius 1 is 1.26 bits per heavy atom. The van der Waals surface area contributed by atoms with Crippen molar-refractivity contribution in [1.82, 2.24) is 4.98 Å². The molecule has 0 aliphatic rings. The molecule has 0 unspecified atom stereocenters. The van der Waals surface area contributed by atoms with Gasteiger partial charge in [-0.25, -0.2) is 17.8 Å². The third-order valence-electron chi connectivity index (χ3n) is 3.08. The highest BCUT2D eigenvalue weighted by molar-refractivity contribution is 7.92. The molecular formula is C15H18FN3O3S. The van der Waals surface area contributed by atoms with Crippen LogP contribution in [0.3, 0.4) is 0 Å². The number of aryl methyl sites for hydroxylation is 1. The maximum atomic E-state index is 13.2. The number of anilines is 2. The fourth-order valence-electron chi connectivity index (χ4n) is 1.84. The summed E-state index contributed by atoms with van der Waals surface area (Å²) in [5, 5.41) is 3.07. The number of benzene rings is 1. The third kappa shape index (κ3) is 4.64. The standard InChI is InChI=1S/C15H18FN3O3S/c1-11-9-13(4-5-14(11)16)23(20,21)19-15-6-3-12(10-18-15)17-7-8-22-2/h3-6,9-10,17H,7-8H2,1-2H3,(H,18,19). The van der Waals surface area contributed by atoms with Gasteiger partial charge in [0.05, 0.1) is 23.4 Å². The average molecular weight is 339 g/mol. The molecule has 23 heavy (non-hydrogen) atoms. The van der Waals surface area contributed by atoms with Crippen LogP contribution in [0.5, 0.6) is 0 Å². The van der Waals surface area contributed by atoms with Crippen LogP contribution in [0.4, 0.5) is 15.9 Å². The van der Waals surface area contributed by atoms with E-state index < -0.39 is 15.8 Å². The number of nitrogens with zero attached hydrogens (tertiary/aromatic N) is 1. The molecular weight excluding hydrogens is 321 g/mol. The smallest absolute Gasteiger partial charge is 0.263 e. The topological polar surface area (TPSA) is 80.3 Å². The summed E-state index contributed by atoms with van der Waals surface area (Å²) >= 11 is 0. The molecule has 2 N–H and O–H groups in total. The highest BCUT2D eigenvalue weighted by Gasteiger charge is 2.16.